The summed E-state index contributed by atoms with van der Waals surface area (Å²) < 4.78 is 13.5. The Bertz CT molecular complexity index is 985. The molecule has 5 nitrogen and oxygen atoms in total. The predicted octanol–water partition coefficient (Wildman–Crippen LogP) is 4.29. The summed E-state index contributed by atoms with van der Waals surface area (Å²) in [5.74, 6) is -0.0458. The summed E-state index contributed by atoms with van der Waals surface area (Å²) in [6.07, 6.45) is 1.28. The lowest BCUT2D eigenvalue weighted by molar-refractivity contribution is 0.0955. The maximum absolute atomic E-state index is 13.5. The fraction of sp³-hybridized carbons (Fsp3) is 0.143. The van der Waals surface area contributed by atoms with Crippen molar-refractivity contribution in [2.75, 3.05) is 0 Å². The van der Waals surface area contributed by atoms with Crippen molar-refractivity contribution in [3.63, 3.8) is 0 Å². The van der Waals surface area contributed by atoms with Gasteiger partial charge in [-0.25, -0.2) is 19.8 Å². The smallest absolute Gasteiger partial charge is 0.267 e. The van der Waals surface area contributed by atoms with Crippen LogP contribution in [-0.2, 0) is 5.75 Å². The van der Waals surface area contributed by atoms with Gasteiger partial charge in [-0.15, -0.1) is 0 Å². The van der Waals surface area contributed by atoms with Crippen molar-refractivity contribution in [1.82, 2.24) is 15.4 Å². The molecule has 1 amide bonds. The van der Waals surface area contributed by atoms with Crippen molar-refractivity contribution >= 4 is 23.9 Å². The van der Waals surface area contributed by atoms with Crippen molar-refractivity contribution < 1.29 is 9.18 Å². The molecule has 0 bridgehead atoms. The molecule has 1 N–H and O–H groups in total. The molecule has 0 unspecified atom stereocenters. The third-order valence-electron chi connectivity index (χ3n) is 3.82. The molecule has 3 aromatic rings. The first-order valence-electron chi connectivity index (χ1n) is 8.63. The summed E-state index contributed by atoms with van der Waals surface area (Å²) >= 11 is 1.55. The number of rotatable bonds is 6. The van der Waals surface area contributed by atoms with Gasteiger partial charge in [-0.05, 0) is 43.7 Å². The summed E-state index contributed by atoms with van der Waals surface area (Å²) in [6.45, 7) is 3.89. The summed E-state index contributed by atoms with van der Waals surface area (Å²) in [5.41, 5.74) is 6.13. The van der Waals surface area contributed by atoms with Gasteiger partial charge in [0.1, 0.15) is 5.82 Å². The molecule has 0 aliphatic rings. The topological polar surface area (TPSA) is 67.2 Å². The quantitative estimate of drug-likeness (QED) is 0.293. The fourth-order valence-electron chi connectivity index (χ4n) is 2.46. The second-order valence-corrected chi connectivity index (χ2v) is 7.08. The molecule has 0 spiro atoms. The number of aryl methyl sites for hydroxylation is 2. The highest BCUT2D eigenvalue weighted by Crippen LogP contribution is 2.20. The number of hydrogen-bond donors (Lipinski definition) is 1. The van der Waals surface area contributed by atoms with Crippen LogP contribution in [0.25, 0.3) is 0 Å². The Balaban J connectivity index is 1.56. The molecule has 3 rings (SSSR count). The molecule has 0 aliphatic carbocycles. The van der Waals surface area contributed by atoms with E-state index < -0.39 is 5.82 Å². The maximum Gasteiger partial charge on any atom is 0.271 e. The molecule has 7 heteroatoms. The number of amides is 1. The summed E-state index contributed by atoms with van der Waals surface area (Å²) in [4.78, 5) is 21.0. The van der Waals surface area contributed by atoms with E-state index in [9.17, 15) is 9.18 Å². The Kier molecular flexibility index (Phi) is 6.49. The first kappa shape index (κ1) is 19.7. The zero-order valence-electron chi connectivity index (χ0n) is 15.5. The molecule has 0 radical (unpaired) electrons. The number of aromatic nitrogens is 2. The highest BCUT2D eigenvalue weighted by atomic mass is 32.2. The van der Waals surface area contributed by atoms with Gasteiger partial charge in [0.15, 0.2) is 5.16 Å². The Labute approximate surface area is 167 Å². The number of nitrogens with zero attached hydrogens (tertiary/aromatic N) is 3. The van der Waals surface area contributed by atoms with E-state index in [1.54, 1.807) is 42.1 Å². The molecule has 1 heterocycles. The molecular formula is C21H19FN4OS. The van der Waals surface area contributed by atoms with Crippen molar-refractivity contribution in [3.05, 3.63) is 88.5 Å². The largest absolute Gasteiger partial charge is 0.271 e. The van der Waals surface area contributed by atoms with Crippen LogP contribution in [0.2, 0.25) is 0 Å². The van der Waals surface area contributed by atoms with Crippen LogP contribution < -0.4 is 5.43 Å². The van der Waals surface area contributed by atoms with Gasteiger partial charge in [-0.3, -0.25) is 4.79 Å². The van der Waals surface area contributed by atoms with Crippen molar-refractivity contribution in [2.24, 2.45) is 5.10 Å². The minimum absolute atomic E-state index is 0.309. The second-order valence-electron chi connectivity index (χ2n) is 6.14. The number of carbonyl (C=O) groups is 1. The highest BCUT2D eigenvalue weighted by molar-refractivity contribution is 7.98. The Morgan fingerprint density at radius 1 is 1.11 bits per heavy atom. The Morgan fingerprint density at radius 2 is 1.79 bits per heavy atom. The van der Waals surface area contributed by atoms with E-state index in [1.807, 2.05) is 32.0 Å². The van der Waals surface area contributed by atoms with Crippen LogP contribution in [0.5, 0.6) is 0 Å². The van der Waals surface area contributed by atoms with E-state index in [0.29, 0.717) is 16.9 Å². The van der Waals surface area contributed by atoms with Crippen molar-refractivity contribution in [2.45, 2.75) is 24.8 Å². The first-order chi connectivity index (χ1) is 13.5. The third kappa shape index (κ3) is 5.47. The lowest BCUT2D eigenvalue weighted by Crippen LogP contribution is -2.17. The molecule has 2 aromatic carbocycles. The molecule has 0 saturated carbocycles. The monoisotopic (exact) mass is 394 g/mol. The minimum atomic E-state index is -0.393. The summed E-state index contributed by atoms with van der Waals surface area (Å²) in [6, 6.07) is 15.4. The molecule has 0 saturated heterocycles. The van der Waals surface area contributed by atoms with E-state index in [4.69, 9.17) is 0 Å². The van der Waals surface area contributed by atoms with Gasteiger partial charge < -0.3 is 0 Å². The molecule has 0 fully saturated rings. The van der Waals surface area contributed by atoms with Crippen molar-refractivity contribution in [3.8, 4) is 0 Å². The number of thioether (sulfide) groups is 1. The first-order valence-corrected chi connectivity index (χ1v) is 9.62. The number of benzene rings is 2. The Morgan fingerprint density at radius 3 is 2.46 bits per heavy atom. The van der Waals surface area contributed by atoms with Gasteiger partial charge in [0.2, 0.25) is 0 Å². The number of halogens is 1. The molecule has 28 heavy (non-hydrogen) atoms. The van der Waals surface area contributed by atoms with Gasteiger partial charge in [0, 0.05) is 28.3 Å². The van der Waals surface area contributed by atoms with E-state index in [0.717, 1.165) is 22.1 Å². The molecule has 0 aliphatic heterocycles. The van der Waals surface area contributed by atoms with E-state index in [1.165, 1.54) is 12.3 Å². The molecular weight excluding hydrogens is 375 g/mol. The van der Waals surface area contributed by atoms with Crippen LogP contribution in [0.15, 0.2) is 64.9 Å². The van der Waals surface area contributed by atoms with Crippen LogP contribution >= 0.6 is 11.8 Å². The van der Waals surface area contributed by atoms with E-state index >= 15 is 0 Å². The highest BCUT2D eigenvalue weighted by Gasteiger charge is 2.06. The number of nitrogens with one attached hydrogen (secondary N) is 1. The van der Waals surface area contributed by atoms with Crippen molar-refractivity contribution in [1.29, 1.82) is 0 Å². The predicted molar refractivity (Wildman–Crippen MR) is 109 cm³/mol. The third-order valence-corrected chi connectivity index (χ3v) is 4.74. The van der Waals surface area contributed by atoms with E-state index in [-0.39, 0.29) is 5.91 Å². The average Bonchev–Trinajstić information content (AvgIpc) is 2.67. The zero-order chi connectivity index (χ0) is 19.9. The van der Waals surface area contributed by atoms with Gasteiger partial charge in [0.25, 0.3) is 5.91 Å². The summed E-state index contributed by atoms with van der Waals surface area (Å²) in [5, 5.41) is 4.55. The average molecular weight is 394 g/mol. The van der Waals surface area contributed by atoms with Gasteiger partial charge in [-0.1, -0.05) is 42.1 Å². The van der Waals surface area contributed by atoms with E-state index in [2.05, 4.69) is 20.5 Å². The molecule has 142 valence electrons. The Hall–Kier alpha value is -3.06. The molecule has 1 aromatic heterocycles. The summed E-state index contributed by atoms with van der Waals surface area (Å²) in [7, 11) is 0. The second kappa shape index (κ2) is 9.23. The van der Waals surface area contributed by atoms with Gasteiger partial charge >= 0.3 is 0 Å². The minimum Gasteiger partial charge on any atom is -0.267 e. The van der Waals surface area contributed by atoms with Crippen LogP contribution in [0.4, 0.5) is 4.39 Å². The number of hydrogen-bond acceptors (Lipinski definition) is 5. The number of hydrazone groups is 1. The van der Waals surface area contributed by atoms with Gasteiger partial charge in [-0.2, -0.15) is 5.10 Å². The standard InChI is InChI=1S/C21H19FN4OS/c1-14-11-15(2)25-21(24-14)28-13-16-7-9-17(10-8-16)20(27)26-23-12-18-5-3-4-6-19(18)22/h3-12H,13H2,1-2H3,(H,26,27)/b23-12-. The van der Waals surface area contributed by atoms with Crippen LogP contribution in [0.3, 0.4) is 0 Å². The number of carbonyl (C=O) groups excluding carboxylic acids is 1. The SMILES string of the molecule is Cc1cc(C)nc(SCc2ccc(C(=O)N/N=C\c3ccccc3F)cc2)n1. The van der Waals surface area contributed by atoms with Crippen LogP contribution in [-0.4, -0.2) is 22.1 Å². The zero-order valence-corrected chi connectivity index (χ0v) is 16.3. The molecule has 0 atom stereocenters. The normalized spacial score (nSPS) is 11.0. The fourth-order valence-corrected chi connectivity index (χ4v) is 3.37. The lowest BCUT2D eigenvalue weighted by Gasteiger charge is -2.05. The van der Waals surface area contributed by atoms with Gasteiger partial charge in [0.05, 0.1) is 6.21 Å². The lowest BCUT2D eigenvalue weighted by atomic mass is 10.1. The van der Waals surface area contributed by atoms with Crippen LogP contribution in [0, 0.1) is 19.7 Å². The maximum atomic E-state index is 13.5. The van der Waals surface area contributed by atoms with Crippen LogP contribution in [0.1, 0.15) is 32.9 Å².